The molecule has 1 aromatic heterocycles. The number of esters is 1. The van der Waals surface area contributed by atoms with Gasteiger partial charge in [-0.15, -0.1) is 0 Å². The lowest BCUT2D eigenvalue weighted by molar-refractivity contribution is -0.144. The number of hydrogen-bond donors (Lipinski definition) is 0. The van der Waals surface area contributed by atoms with Crippen LogP contribution in [0.25, 0.3) is 0 Å². The van der Waals surface area contributed by atoms with Crippen molar-refractivity contribution in [2.45, 2.75) is 19.5 Å². The normalized spacial score (nSPS) is 11.2. The number of carbonyl (C=O) groups excluding carboxylic acids is 1. The number of pyridine rings is 1. The minimum absolute atomic E-state index is 0.139. The van der Waals surface area contributed by atoms with Gasteiger partial charge >= 0.3 is 12.1 Å². The smallest absolute Gasteiger partial charge is 0.433 e. The van der Waals surface area contributed by atoms with Gasteiger partial charge in [0.15, 0.2) is 0 Å². The fraction of sp³-hybridized carbons (Fsp3) is 0.400. The highest BCUT2D eigenvalue weighted by Crippen LogP contribution is 2.30. The number of rotatable bonds is 3. The summed E-state index contributed by atoms with van der Waals surface area (Å²) in [4.78, 5) is 14.3. The molecule has 0 amide bonds. The van der Waals surface area contributed by atoms with Gasteiger partial charge in [-0.05, 0) is 18.6 Å². The number of nitrogens with zero attached hydrogens (tertiary/aromatic N) is 1. The maximum atomic E-state index is 12.5. The summed E-state index contributed by atoms with van der Waals surface area (Å²) in [5.41, 5.74) is -1.21. The third-order valence-corrected chi connectivity index (χ3v) is 1.80. The first-order valence-corrected chi connectivity index (χ1v) is 4.62. The molecule has 0 atom stereocenters. The van der Waals surface area contributed by atoms with Crippen molar-refractivity contribution in [2.24, 2.45) is 0 Å². The maximum Gasteiger partial charge on any atom is 0.433 e. The van der Waals surface area contributed by atoms with Crippen LogP contribution in [0.15, 0.2) is 18.3 Å². The first-order valence-electron chi connectivity index (χ1n) is 4.62. The van der Waals surface area contributed by atoms with E-state index in [4.69, 9.17) is 0 Å². The molecule has 1 rings (SSSR count). The van der Waals surface area contributed by atoms with Crippen LogP contribution in [0.5, 0.6) is 0 Å². The highest BCUT2D eigenvalue weighted by molar-refractivity contribution is 5.72. The molecule has 0 aliphatic rings. The molecule has 0 bridgehead atoms. The largest absolute Gasteiger partial charge is 0.466 e. The van der Waals surface area contributed by atoms with Gasteiger partial charge in [-0.3, -0.25) is 9.78 Å². The molecule has 1 heterocycles. The third kappa shape index (κ3) is 3.22. The van der Waals surface area contributed by atoms with E-state index in [1.165, 1.54) is 12.1 Å². The van der Waals surface area contributed by atoms with E-state index in [9.17, 15) is 18.0 Å². The van der Waals surface area contributed by atoms with Gasteiger partial charge in [-0.25, -0.2) is 0 Å². The lowest BCUT2D eigenvalue weighted by Crippen LogP contribution is -2.15. The molecule has 0 aliphatic heterocycles. The Labute approximate surface area is 90.2 Å². The van der Waals surface area contributed by atoms with Crippen molar-refractivity contribution in [3.05, 3.63) is 29.6 Å². The van der Waals surface area contributed by atoms with Crippen LogP contribution in [0.4, 0.5) is 13.2 Å². The van der Waals surface area contributed by atoms with E-state index in [0.29, 0.717) is 0 Å². The van der Waals surface area contributed by atoms with Gasteiger partial charge in [-0.2, -0.15) is 13.2 Å². The van der Waals surface area contributed by atoms with E-state index < -0.39 is 24.3 Å². The molecule has 3 nitrogen and oxygen atoms in total. The second kappa shape index (κ2) is 4.96. The minimum Gasteiger partial charge on any atom is -0.466 e. The molecule has 0 saturated heterocycles. The summed E-state index contributed by atoms with van der Waals surface area (Å²) >= 11 is 0. The number of halogens is 3. The van der Waals surface area contributed by atoms with Crippen LogP contribution in [0.2, 0.25) is 0 Å². The molecule has 88 valence electrons. The maximum absolute atomic E-state index is 12.5. The summed E-state index contributed by atoms with van der Waals surface area (Å²) < 4.78 is 42.0. The van der Waals surface area contributed by atoms with Crippen LogP contribution >= 0.6 is 0 Å². The van der Waals surface area contributed by atoms with Crippen LogP contribution in [0, 0.1) is 0 Å². The van der Waals surface area contributed by atoms with Crippen LogP contribution in [0.1, 0.15) is 18.2 Å². The third-order valence-electron chi connectivity index (χ3n) is 1.80. The monoisotopic (exact) mass is 233 g/mol. The fourth-order valence-electron chi connectivity index (χ4n) is 1.20. The van der Waals surface area contributed by atoms with E-state index >= 15 is 0 Å². The van der Waals surface area contributed by atoms with Crippen molar-refractivity contribution in [1.82, 2.24) is 4.98 Å². The SMILES string of the molecule is CCOC(=O)Cc1cccnc1C(F)(F)F. The number of carbonyl (C=O) groups is 1. The summed E-state index contributed by atoms with van der Waals surface area (Å²) in [6.07, 6.45) is -3.93. The number of aromatic nitrogens is 1. The molecule has 6 heteroatoms. The summed E-state index contributed by atoms with van der Waals surface area (Å²) in [6, 6.07) is 2.57. The molecule has 0 aromatic carbocycles. The van der Waals surface area contributed by atoms with Gasteiger partial charge in [0, 0.05) is 6.20 Å². The highest BCUT2D eigenvalue weighted by Gasteiger charge is 2.35. The summed E-state index contributed by atoms with van der Waals surface area (Å²) in [5.74, 6) is -0.694. The summed E-state index contributed by atoms with van der Waals surface area (Å²) in [7, 11) is 0. The van der Waals surface area contributed by atoms with E-state index in [-0.39, 0.29) is 12.2 Å². The van der Waals surface area contributed by atoms with Gasteiger partial charge < -0.3 is 4.74 Å². The van der Waals surface area contributed by atoms with Crippen LogP contribution in [0.3, 0.4) is 0 Å². The average Bonchev–Trinajstić information content (AvgIpc) is 2.17. The predicted molar refractivity (Wildman–Crippen MR) is 49.6 cm³/mol. The molecule has 0 unspecified atom stereocenters. The van der Waals surface area contributed by atoms with Crippen LogP contribution in [-0.4, -0.2) is 17.6 Å². The lowest BCUT2D eigenvalue weighted by Gasteiger charge is -2.10. The Bertz CT molecular complexity index is 377. The molecule has 0 spiro atoms. The molecular formula is C10H10F3NO2. The second-order valence-electron chi connectivity index (χ2n) is 2.99. The van der Waals surface area contributed by atoms with Crippen molar-refractivity contribution < 1.29 is 22.7 Å². The zero-order valence-electron chi connectivity index (χ0n) is 8.54. The van der Waals surface area contributed by atoms with Gasteiger partial charge in [0.1, 0.15) is 5.69 Å². The number of hydrogen-bond acceptors (Lipinski definition) is 3. The van der Waals surface area contributed by atoms with Crippen molar-refractivity contribution in [3.8, 4) is 0 Å². The second-order valence-corrected chi connectivity index (χ2v) is 2.99. The summed E-state index contributed by atoms with van der Waals surface area (Å²) in [6.45, 7) is 1.73. The van der Waals surface area contributed by atoms with E-state index in [1.54, 1.807) is 6.92 Å². The quantitative estimate of drug-likeness (QED) is 0.751. The molecule has 0 N–H and O–H groups in total. The van der Waals surface area contributed by atoms with Crippen molar-refractivity contribution >= 4 is 5.97 Å². The zero-order valence-corrected chi connectivity index (χ0v) is 8.54. The van der Waals surface area contributed by atoms with E-state index in [1.807, 2.05) is 0 Å². The first kappa shape index (κ1) is 12.5. The lowest BCUT2D eigenvalue weighted by atomic mass is 10.1. The Balaban J connectivity index is 2.92. The highest BCUT2D eigenvalue weighted by atomic mass is 19.4. The molecule has 1 aromatic rings. The fourth-order valence-corrected chi connectivity index (χ4v) is 1.20. The number of ether oxygens (including phenoxy) is 1. The zero-order chi connectivity index (χ0) is 12.2. The molecule has 0 radical (unpaired) electrons. The van der Waals surface area contributed by atoms with Gasteiger partial charge in [0.05, 0.1) is 13.0 Å². The van der Waals surface area contributed by atoms with Crippen molar-refractivity contribution in [1.29, 1.82) is 0 Å². The average molecular weight is 233 g/mol. The topological polar surface area (TPSA) is 39.2 Å². The Kier molecular flexibility index (Phi) is 3.87. The Hall–Kier alpha value is -1.59. The number of alkyl halides is 3. The van der Waals surface area contributed by atoms with Gasteiger partial charge in [-0.1, -0.05) is 6.07 Å². The van der Waals surface area contributed by atoms with Crippen molar-refractivity contribution in [3.63, 3.8) is 0 Å². The van der Waals surface area contributed by atoms with Gasteiger partial charge in [0.25, 0.3) is 0 Å². The summed E-state index contributed by atoms with van der Waals surface area (Å²) in [5, 5.41) is 0. The van der Waals surface area contributed by atoms with E-state index in [0.717, 1.165) is 6.20 Å². The molecule has 16 heavy (non-hydrogen) atoms. The Morgan fingerprint density at radius 2 is 2.19 bits per heavy atom. The molecule has 0 fully saturated rings. The van der Waals surface area contributed by atoms with Crippen molar-refractivity contribution in [2.75, 3.05) is 6.61 Å². The first-order chi connectivity index (χ1) is 7.45. The minimum atomic E-state index is -4.55. The standard InChI is InChI=1S/C10H10F3NO2/c1-2-16-8(15)6-7-4-3-5-14-9(7)10(11,12)13/h3-5H,2,6H2,1H3. The van der Waals surface area contributed by atoms with Gasteiger partial charge in [0.2, 0.25) is 0 Å². The Morgan fingerprint density at radius 1 is 1.50 bits per heavy atom. The Morgan fingerprint density at radius 3 is 2.75 bits per heavy atom. The van der Waals surface area contributed by atoms with E-state index in [2.05, 4.69) is 9.72 Å². The van der Waals surface area contributed by atoms with Crippen LogP contribution < -0.4 is 0 Å². The molecular weight excluding hydrogens is 223 g/mol. The molecule has 0 aliphatic carbocycles. The van der Waals surface area contributed by atoms with Crippen LogP contribution in [-0.2, 0) is 22.1 Å². The predicted octanol–water partition coefficient (Wildman–Crippen LogP) is 2.21. The molecule has 0 saturated carbocycles.